The molecule has 0 radical (unpaired) electrons. The van der Waals surface area contributed by atoms with Gasteiger partial charge in [0.15, 0.2) is 0 Å². The van der Waals surface area contributed by atoms with Crippen LogP contribution >= 0.6 is 0 Å². The lowest BCUT2D eigenvalue weighted by atomic mass is 10.0. The molecular formula is C27H25NO4. The third-order valence-electron chi connectivity index (χ3n) is 5.00. The Morgan fingerprint density at radius 2 is 1.28 bits per heavy atom. The number of aliphatic hydroxyl groups excluding tert-OH is 1. The highest BCUT2D eigenvalue weighted by Gasteiger charge is 2.14. The minimum Gasteiger partial charge on any atom is -0.506 e. The summed E-state index contributed by atoms with van der Waals surface area (Å²) >= 11 is 0. The summed E-state index contributed by atoms with van der Waals surface area (Å²) in [6.07, 6.45) is 0.877. The van der Waals surface area contributed by atoms with E-state index in [9.17, 15) is 10.2 Å². The van der Waals surface area contributed by atoms with Gasteiger partial charge in [-0.25, -0.2) is 0 Å². The van der Waals surface area contributed by atoms with Crippen molar-refractivity contribution in [2.75, 3.05) is 0 Å². The maximum absolute atomic E-state index is 10.8. The molecule has 32 heavy (non-hydrogen) atoms. The predicted molar refractivity (Wildman–Crippen MR) is 123 cm³/mol. The van der Waals surface area contributed by atoms with Crippen molar-refractivity contribution in [1.82, 2.24) is 4.98 Å². The molecule has 1 unspecified atom stereocenters. The van der Waals surface area contributed by atoms with Gasteiger partial charge >= 0.3 is 0 Å². The average Bonchev–Trinajstić information content (AvgIpc) is 2.84. The van der Waals surface area contributed by atoms with Crippen LogP contribution in [0.25, 0.3) is 0 Å². The van der Waals surface area contributed by atoms with Crippen LogP contribution in [0, 0.1) is 0 Å². The van der Waals surface area contributed by atoms with Gasteiger partial charge in [-0.3, -0.25) is 4.98 Å². The predicted octanol–water partition coefficient (Wildman–Crippen LogP) is 5.22. The van der Waals surface area contributed by atoms with Gasteiger partial charge in [0.25, 0.3) is 0 Å². The van der Waals surface area contributed by atoms with Crippen molar-refractivity contribution < 1.29 is 19.7 Å². The van der Waals surface area contributed by atoms with Crippen LogP contribution in [0.3, 0.4) is 0 Å². The highest BCUT2D eigenvalue weighted by atomic mass is 16.5. The van der Waals surface area contributed by atoms with Crippen molar-refractivity contribution >= 4 is 0 Å². The van der Waals surface area contributed by atoms with E-state index in [2.05, 4.69) is 4.98 Å². The Balaban J connectivity index is 1.53. The van der Waals surface area contributed by atoms with E-state index < -0.39 is 6.10 Å². The zero-order valence-corrected chi connectivity index (χ0v) is 17.6. The lowest BCUT2D eigenvalue weighted by Crippen LogP contribution is -2.05. The molecule has 4 aromatic rings. The third-order valence-corrected chi connectivity index (χ3v) is 5.00. The van der Waals surface area contributed by atoms with Crippen molar-refractivity contribution in [2.24, 2.45) is 0 Å². The van der Waals surface area contributed by atoms with Gasteiger partial charge in [0.1, 0.15) is 30.5 Å². The molecule has 162 valence electrons. The first-order valence-electron chi connectivity index (χ1n) is 10.5. The fourth-order valence-corrected chi connectivity index (χ4v) is 3.29. The number of hydrogen-bond donors (Lipinski definition) is 2. The quantitative estimate of drug-likeness (QED) is 0.383. The minimum absolute atomic E-state index is 0.0937. The summed E-state index contributed by atoms with van der Waals surface area (Å²) < 4.78 is 12.0. The Bertz CT molecular complexity index is 1050. The maximum atomic E-state index is 10.8. The van der Waals surface area contributed by atoms with Crippen LogP contribution in [0.4, 0.5) is 0 Å². The number of aromatic nitrogens is 1. The summed E-state index contributed by atoms with van der Waals surface area (Å²) in [4.78, 5) is 4.17. The van der Waals surface area contributed by atoms with Crippen molar-refractivity contribution in [3.05, 3.63) is 120 Å². The summed E-state index contributed by atoms with van der Waals surface area (Å²) in [5, 5.41) is 20.3. The molecule has 0 saturated heterocycles. The van der Waals surface area contributed by atoms with E-state index in [-0.39, 0.29) is 5.75 Å². The van der Waals surface area contributed by atoms with Gasteiger partial charge < -0.3 is 19.7 Å². The molecule has 5 heteroatoms. The molecule has 4 rings (SSSR count). The van der Waals surface area contributed by atoms with E-state index >= 15 is 0 Å². The topological polar surface area (TPSA) is 71.8 Å². The Kier molecular flexibility index (Phi) is 7.00. The number of ether oxygens (including phenoxy) is 2. The van der Waals surface area contributed by atoms with Gasteiger partial charge in [-0.05, 0) is 41.0 Å². The Morgan fingerprint density at radius 3 is 1.78 bits per heavy atom. The minimum atomic E-state index is -0.800. The number of aromatic hydroxyl groups is 1. The van der Waals surface area contributed by atoms with E-state index in [4.69, 9.17) is 9.47 Å². The summed E-state index contributed by atoms with van der Waals surface area (Å²) in [7, 11) is 0. The molecular weight excluding hydrogens is 402 g/mol. The maximum Gasteiger partial charge on any atom is 0.133 e. The van der Waals surface area contributed by atoms with E-state index in [1.807, 2.05) is 78.9 Å². The standard InChI is InChI=1S/C27H25NO4/c29-24-12-11-23(28-17-24)15-27(30)22-13-25(31-18-20-7-3-1-4-8-20)16-26(14-22)32-19-21-9-5-2-6-10-21/h1-14,16-17,27,29-30H,15,18-19H2. The molecule has 0 aliphatic carbocycles. The van der Waals surface area contributed by atoms with Crippen LogP contribution in [-0.2, 0) is 19.6 Å². The molecule has 1 heterocycles. The number of benzene rings is 3. The zero-order valence-electron chi connectivity index (χ0n) is 17.6. The van der Waals surface area contributed by atoms with Gasteiger partial charge in [-0.15, -0.1) is 0 Å². The first-order chi connectivity index (χ1) is 15.7. The van der Waals surface area contributed by atoms with Gasteiger partial charge in [0.2, 0.25) is 0 Å². The fraction of sp³-hybridized carbons (Fsp3) is 0.148. The molecule has 0 aliphatic heterocycles. The summed E-state index contributed by atoms with van der Waals surface area (Å²) in [5.74, 6) is 1.33. The summed E-state index contributed by atoms with van der Waals surface area (Å²) in [6.45, 7) is 0.829. The number of rotatable bonds is 9. The molecule has 0 spiro atoms. The number of nitrogens with zero attached hydrogens (tertiary/aromatic N) is 1. The number of hydrogen-bond acceptors (Lipinski definition) is 5. The molecule has 0 saturated carbocycles. The highest BCUT2D eigenvalue weighted by Crippen LogP contribution is 2.29. The summed E-state index contributed by atoms with van der Waals surface area (Å²) in [6, 6.07) is 28.6. The molecule has 0 fully saturated rings. The average molecular weight is 428 g/mol. The van der Waals surface area contributed by atoms with Crippen LogP contribution in [0.2, 0.25) is 0 Å². The van der Waals surface area contributed by atoms with E-state index in [0.29, 0.717) is 42.4 Å². The van der Waals surface area contributed by atoms with E-state index in [1.165, 1.54) is 6.20 Å². The van der Waals surface area contributed by atoms with Gasteiger partial charge in [-0.2, -0.15) is 0 Å². The normalized spacial score (nSPS) is 11.7. The molecule has 3 aromatic carbocycles. The lowest BCUT2D eigenvalue weighted by Gasteiger charge is -2.16. The summed E-state index contributed by atoms with van der Waals surface area (Å²) in [5.41, 5.74) is 3.46. The third kappa shape index (κ3) is 6.09. The van der Waals surface area contributed by atoms with Crippen molar-refractivity contribution in [1.29, 1.82) is 0 Å². The highest BCUT2D eigenvalue weighted by molar-refractivity contribution is 5.40. The van der Waals surface area contributed by atoms with Crippen LogP contribution < -0.4 is 9.47 Å². The van der Waals surface area contributed by atoms with E-state index in [1.54, 1.807) is 12.1 Å². The largest absolute Gasteiger partial charge is 0.506 e. The molecule has 0 bridgehead atoms. The second-order valence-corrected chi connectivity index (χ2v) is 7.51. The first kappa shape index (κ1) is 21.4. The molecule has 0 amide bonds. The van der Waals surface area contributed by atoms with Crippen LogP contribution in [0.5, 0.6) is 17.2 Å². The monoisotopic (exact) mass is 427 g/mol. The van der Waals surface area contributed by atoms with Crippen molar-refractivity contribution in [3.8, 4) is 17.2 Å². The second-order valence-electron chi connectivity index (χ2n) is 7.51. The lowest BCUT2D eigenvalue weighted by molar-refractivity contribution is 0.175. The van der Waals surface area contributed by atoms with Gasteiger partial charge in [-0.1, -0.05) is 60.7 Å². The second kappa shape index (κ2) is 10.5. The Morgan fingerprint density at radius 1 is 0.719 bits per heavy atom. The van der Waals surface area contributed by atoms with Crippen molar-refractivity contribution in [3.63, 3.8) is 0 Å². The molecule has 0 aliphatic rings. The SMILES string of the molecule is Oc1ccc(CC(O)c2cc(OCc3ccccc3)cc(OCc3ccccc3)c2)nc1. The van der Waals surface area contributed by atoms with Crippen LogP contribution in [0.1, 0.15) is 28.5 Å². The van der Waals surface area contributed by atoms with E-state index in [0.717, 1.165) is 11.1 Å². The van der Waals surface area contributed by atoms with Crippen LogP contribution in [0.15, 0.2) is 97.2 Å². The molecule has 2 N–H and O–H groups in total. The zero-order chi connectivity index (χ0) is 22.2. The molecule has 5 nitrogen and oxygen atoms in total. The van der Waals surface area contributed by atoms with Gasteiger partial charge in [0.05, 0.1) is 12.3 Å². The molecule has 1 aromatic heterocycles. The van der Waals surface area contributed by atoms with Gasteiger partial charge in [0, 0.05) is 18.2 Å². The number of pyridine rings is 1. The Labute approximate surface area is 187 Å². The van der Waals surface area contributed by atoms with Crippen LogP contribution in [-0.4, -0.2) is 15.2 Å². The smallest absolute Gasteiger partial charge is 0.133 e. The molecule has 1 atom stereocenters. The van der Waals surface area contributed by atoms with Crippen molar-refractivity contribution in [2.45, 2.75) is 25.7 Å². The Hall–Kier alpha value is -3.83. The first-order valence-corrected chi connectivity index (χ1v) is 10.5. The number of aliphatic hydroxyl groups is 1. The fourth-order valence-electron chi connectivity index (χ4n) is 3.29.